The van der Waals surface area contributed by atoms with Crippen LogP contribution in [0.3, 0.4) is 0 Å². The predicted molar refractivity (Wildman–Crippen MR) is 92.4 cm³/mol. The van der Waals surface area contributed by atoms with Crippen LogP contribution >= 0.6 is 11.6 Å². The van der Waals surface area contributed by atoms with E-state index in [1.807, 2.05) is 49.4 Å². The number of nitrogens with one attached hydrogen (secondary N) is 1. The van der Waals surface area contributed by atoms with Gasteiger partial charge in [-0.2, -0.15) is 0 Å². The van der Waals surface area contributed by atoms with Crippen molar-refractivity contribution in [2.24, 2.45) is 0 Å². The predicted octanol–water partition coefficient (Wildman–Crippen LogP) is 3.74. The average molecular weight is 336 g/mol. The van der Waals surface area contributed by atoms with E-state index in [9.17, 15) is 5.11 Å². The Morgan fingerprint density at radius 1 is 1.00 bits per heavy atom. The second kappa shape index (κ2) is 8.20. The van der Waals surface area contributed by atoms with Gasteiger partial charge in [0, 0.05) is 11.1 Å². The minimum atomic E-state index is -0.171. The molecule has 2 aromatic rings. The average Bonchev–Trinajstić information content (AvgIpc) is 2.59. The van der Waals surface area contributed by atoms with E-state index in [4.69, 9.17) is 21.1 Å². The summed E-state index contributed by atoms with van der Waals surface area (Å²) < 4.78 is 10.6. The second-order valence-electron chi connectivity index (χ2n) is 5.29. The molecule has 5 heteroatoms. The van der Waals surface area contributed by atoms with E-state index >= 15 is 0 Å². The highest BCUT2D eigenvalue weighted by Gasteiger charge is 2.16. The van der Waals surface area contributed by atoms with Crippen LogP contribution in [-0.4, -0.2) is 25.9 Å². The Kier molecular flexibility index (Phi) is 6.28. The standard InChI is InChI=1S/C18H22ClNO3/c1-12(14-6-9-17(22-2)18(10-14)23-3)20-16(11-21)13-4-7-15(19)8-5-13/h4-10,12,16,20-21H,11H2,1-3H3. The van der Waals surface area contributed by atoms with Crippen LogP contribution in [0, 0.1) is 0 Å². The smallest absolute Gasteiger partial charge is 0.161 e. The maximum Gasteiger partial charge on any atom is 0.161 e. The van der Waals surface area contributed by atoms with Crippen molar-refractivity contribution >= 4 is 11.6 Å². The molecule has 124 valence electrons. The van der Waals surface area contributed by atoms with Gasteiger partial charge in [0.2, 0.25) is 0 Å². The quantitative estimate of drug-likeness (QED) is 0.809. The molecule has 0 heterocycles. The summed E-state index contributed by atoms with van der Waals surface area (Å²) in [5.74, 6) is 1.38. The lowest BCUT2D eigenvalue weighted by Gasteiger charge is -2.23. The van der Waals surface area contributed by atoms with E-state index in [0.717, 1.165) is 11.1 Å². The Morgan fingerprint density at radius 3 is 2.17 bits per heavy atom. The second-order valence-corrected chi connectivity index (χ2v) is 5.73. The van der Waals surface area contributed by atoms with Gasteiger partial charge in [0.1, 0.15) is 0 Å². The van der Waals surface area contributed by atoms with Crippen molar-refractivity contribution in [3.8, 4) is 11.5 Å². The largest absolute Gasteiger partial charge is 0.493 e. The summed E-state index contributed by atoms with van der Waals surface area (Å²) in [7, 11) is 3.23. The van der Waals surface area contributed by atoms with Gasteiger partial charge in [-0.3, -0.25) is 0 Å². The molecule has 23 heavy (non-hydrogen) atoms. The monoisotopic (exact) mass is 335 g/mol. The molecule has 0 amide bonds. The van der Waals surface area contributed by atoms with Crippen molar-refractivity contribution in [1.82, 2.24) is 5.32 Å². The molecule has 0 radical (unpaired) electrons. The molecular formula is C18H22ClNO3. The molecule has 2 aromatic carbocycles. The Morgan fingerprint density at radius 2 is 1.61 bits per heavy atom. The minimum absolute atomic E-state index is 0.000732. The molecule has 4 nitrogen and oxygen atoms in total. The number of hydrogen-bond donors (Lipinski definition) is 2. The number of halogens is 1. The number of methoxy groups -OCH3 is 2. The zero-order valence-corrected chi connectivity index (χ0v) is 14.3. The maximum atomic E-state index is 9.69. The molecule has 0 saturated heterocycles. The van der Waals surface area contributed by atoms with Gasteiger partial charge in [-0.05, 0) is 42.3 Å². The molecule has 2 N–H and O–H groups in total. The van der Waals surface area contributed by atoms with E-state index in [-0.39, 0.29) is 18.7 Å². The first-order valence-corrected chi connectivity index (χ1v) is 7.81. The molecule has 0 aliphatic rings. The van der Waals surface area contributed by atoms with Gasteiger partial charge in [0.15, 0.2) is 11.5 Å². The fourth-order valence-corrected chi connectivity index (χ4v) is 2.60. The third-order valence-corrected chi connectivity index (χ3v) is 4.07. The number of hydrogen-bond acceptors (Lipinski definition) is 4. The van der Waals surface area contributed by atoms with Gasteiger partial charge in [0.05, 0.1) is 26.9 Å². The lowest BCUT2D eigenvalue weighted by Crippen LogP contribution is -2.27. The van der Waals surface area contributed by atoms with Gasteiger partial charge in [-0.1, -0.05) is 29.8 Å². The van der Waals surface area contributed by atoms with Crippen LogP contribution in [0.25, 0.3) is 0 Å². The number of rotatable bonds is 7. The molecule has 2 rings (SSSR count). The Bertz CT molecular complexity index is 631. The number of benzene rings is 2. The molecule has 0 aliphatic carbocycles. The van der Waals surface area contributed by atoms with Crippen LogP contribution in [0.4, 0.5) is 0 Å². The third-order valence-electron chi connectivity index (χ3n) is 3.81. The van der Waals surface area contributed by atoms with Crippen LogP contribution in [0.15, 0.2) is 42.5 Å². The Labute approximate surface area is 142 Å². The molecule has 0 aliphatic heterocycles. The van der Waals surface area contributed by atoms with E-state index in [2.05, 4.69) is 5.32 Å². The summed E-state index contributed by atoms with van der Waals surface area (Å²) in [5, 5.41) is 13.8. The van der Waals surface area contributed by atoms with Gasteiger partial charge in [0.25, 0.3) is 0 Å². The molecule has 0 saturated carbocycles. The SMILES string of the molecule is COc1ccc(C(C)NC(CO)c2ccc(Cl)cc2)cc1OC. The van der Waals surface area contributed by atoms with Gasteiger partial charge in [-0.15, -0.1) is 0 Å². The molecule has 2 unspecified atom stereocenters. The summed E-state index contributed by atoms with van der Waals surface area (Å²) in [4.78, 5) is 0. The molecular weight excluding hydrogens is 314 g/mol. The molecule has 2 atom stereocenters. The first kappa shape index (κ1) is 17.6. The van der Waals surface area contributed by atoms with Crippen molar-refractivity contribution in [3.05, 3.63) is 58.6 Å². The van der Waals surface area contributed by atoms with Crippen molar-refractivity contribution in [1.29, 1.82) is 0 Å². The van der Waals surface area contributed by atoms with Crippen LogP contribution in [0.1, 0.15) is 30.1 Å². The van der Waals surface area contributed by atoms with E-state index < -0.39 is 0 Å². The fraction of sp³-hybridized carbons (Fsp3) is 0.333. The summed E-state index contributed by atoms with van der Waals surface area (Å²) in [6.07, 6.45) is 0. The van der Waals surface area contributed by atoms with E-state index in [0.29, 0.717) is 16.5 Å². The van der Waals surface area contributed by atoms with Gasteiger partial charge in [-0.25, -0.2) is 0 Å². The van der Waals surface area contributed by atoms with E-state index in [1.165, 1.54) is 0 Å². The summed E-state index contributed by atoms with van der Waals surface area (Å²) in [6, 6.07) is 13.1. The molecule has 0 bridgehead atoms. The fourth-order valence-electron chi connectivity index (χ4n) is 2.47. The normalized spacial score (nSPS) is 13.4. The topological polar surface area (TPSA) is 50.7 Å². The van der Waals surface area contributed by atoms with Gasteiger partial charge < -0.3 is 19.9 Å². The van der Waals surface area contributed by atoms with Gasteiger partial charge >= 0.3 is 0 Å². The van der Waals surface area contributed by atoms with Crippen molar-refractivity contribution in [2.45, 2.75) is 19.0 Å². The summed E-state index contributed by atoms with van der Waals surface area (Å²) in [5.41, 5.74) is 2.04. The zero-order chi connectivity index (χ0) is 16.8. The Balaban J connectivity index is 2.16. The lowest BCUT2D eigenvalue weighted by atomic mass is 10.0. The summed E-state index contributed by atoms with van der Waals surface area (Å²) >= 11 is 5.91. The van der Waals surface area contributed by atoms with Crippen LogP contribution in [0.5, 0.6) is 11.5 Å². The zero-order valence-electron chi connectivity index (χ0n) is 13.5. The third kappa shape index (κ3) is 4.38. The summed E-state index contributed by atoms with van der Waals surface area (Å²) in [6.45, 7) is 2.04. The number of aliphatic hydroxyl groups excluding tert-OH is 1. The first-order valence-electron chi connectivity index (χ1n) is 7.43. The first-order chi connectivity index (χ1) is 11.1. The van der Waals surface area contributed by atoms with Crippen molar-refractivity contribution < 1.29 is 14.6 Å². The molecule has 0 spiro atoms. The minimum Gasteiger partial charge on any atom is -0.493 e. The maximum absolute atomic E-state index is 9.69. The van der Waals surface area contributed by atoms with Crippen molar-refractivity contribution in [3.63, 3.8) is 0 Å². The highest BCUT2D eigenvalue weighted by Crippen LogP contribution is 2.30. The van der Waals surface area contributed by atoms with Crippen LogP contribution < -0.4 is 14.8 Å². The highest BCUT2D eigenvalue weighted by molar-refractivity contribution is 6.30. The Hall–Kier alpha value is -1.75. The lowest BCUT2D eigenvalue weighted by molar-refractivity contribution is 0.235. The number of ether oxygens (including phenoxy) is 2. The highest BCUT2D eigenvalue weighted by atomic mass is 35.5. The van der Waals surface area contributed by atoms with Crippen molar-refractivity contribution in [2.75, 3.05) is 20.8 Å². The van der Waals surface area contributed by atoms with Crippen LogP contribution in [0.2, 0.25) is 5.02 Å². The molecule has 0 fully saturated rings. The number of aliphatic hydroxyl groups is 1. The van der Waals surface area contributed by atoms with E-state index in [1.54, 1.807) is 14.2 Å². The molecule has 0 aromatic heterocycles. The van der Waals surface area contributed by atoms with Crippen LogP contribution in [-0.2, 0) is 0 Å².